The van der Waals surface area contributed by atoms with Crippen LogP contribution in [0.2, 0.25) is 5.02 Å². The minimum atomic E-state index is 0.779. The fraction of sp³-hybridized carbons (Fsp3) is 0.500. The van der Waals surface area contributed by atoms with Crippen LogP contribution < -0.4 is 0 Å². The summed E-state index contributed by atoms with van der Waals surface area (Å²) >= 11 is 7.76. The Labute approximate surface area is 88.9 Å². The number of halogens is 1. The second-order valence-corrected chi connectivity index (χ2v) is 4.49. The van der Waals surface area contributed by atoms with Crippen molar-refractivity contribution in [2.24, 2.45) is 0 Å². The van der Waals surface area contributed by atoms with Gasteiger partial charge >= 0.3 is 0 Å². The highest BCUT2D eigenvalue weighted by Gasteiger charge is 2.01. The van der Waals surface area contributed by atoms with E-state index in [1.165, 1.54) is 12.8 Å². The third-order valence-corrected chi connectivity index (χ3v) is 3.17. The molecule has 0 N–H and O–H groups in total. The predicted octanol–water partition coefficient (Wildman–Crippen LogP) is 3.94. The second-order valence-electron chi connectivity index (χ2n) is 3.00. The third-order valence-electron chi connectivity index (χ3n) is 1.68. The summed E-state index contributed by atoms with van der Waals surface area (Å²) < 4.78 is 0. The summed E-state index contributed by atoms with van der Waals surface area (Å²) in [6, 6.07) is 1.96. The average molecular weight is 216 g/mol. The highest BCUT2D eigenvalue weighted by atomic mass is 35.5. The molecule has 0 aliphatic rings. The number of aryl methyl sites for hydroxylation is 1. The van der Waals surface area contributed by atoms with E-state index in [0.29, 0.717) is 0 Å². The lowest BCUT2D eigenvalue weighted by atomic mass is 10.3. The van der Waals surface area contributed by atoms with E-state index in [-0.39, 0.29) is 0 Å². The molecule has 72 valence electrons. The van der Waals surface area contributed by atoms with Crippen molar-refractivity contribution >= 4 is 23.4 Å². The molecular formula is C10H14ClNS. The van der Waals surface area contributed by atoms with Crippen molar-refractivity contribution in [2.45, 2.75) is 31.7 Å². The Bertz CT molecular complexity index is 276. The Kier molecular flexibility index (Phi) is 4.60. The van der Waals surface area contributed by atoms with Crippen molar-refractivity contribution in [3.63, 3.8) is 0 Å². The largest absolute Gasteiger partial charge is 0.248 e. The lowest BCUT2D eigenvalue weighted by molar-refractivity contribution is 0.894. The van der Waals surface area contributed by atoms with Gasteiger partial charge < -0.3 is 0 Å². The Morgan fingerprint density at radius 2 is 2.31 bits per heavy atom. The van der Waals surface area contributed by atoms with Gasteiger partial charge in [-0.05, 0) is 30.7 Å². The highest BCUT2D eigenvalue weighted by Crippen LogP contribution is 2.25. The second kappa shape index (κ2) is 5.51. The van der Waals surface area contributed by atoms with Crippen LogP contribution in [-0.2, 0) is 0 Å². The third kappa shape index (κ3) is 3.57. The maximum Gasteiger partial charge on any atom is 0.115 e. The van der Waals surface area contributed by atoms with Crippen LogP contribution in [0.15, 0.2) is 17.3 Å². The van der Waals surface area contributed by atoms with Crippen molar-refractivity contribution in [2.75, 3.05) is 5.75 Å². The van der Waals surface area contributed by atoms with Crippen LogP contribution in [0, 0.1) is 6.92 Å². The van der Waals surface area contributed by atoms with Crippen LogP contribution >= 0.6 is 23.4 Å². The number of hydrogen-bond donors (Lipinski definition) is 0. The van der Waals surface area contributed by atoms with Gasteiger partial charge in [-0.1, -0.05) is 24.9 Å². The van der Waals surface area contributed by atoms with Gasteiger partial charge in [0.2, 0.25) is 0 Å². The van der Waals surface area contributed by atoms with Crippen molar-refractivity contribution < 1.29 is 0 Å². The van der Waals surface area contributed by atoms with Crippen LogP contribution in [0.1, 0.15) is 25.3 Å². The molecule has 3 heteroatoms. The molecule has 0 unspecified atom stereocenters. The number of aromatic nitrogens is 1. The van der Waals surface area contributed by atoms with Gasteiger partial charge in [0.25, 0.3) is 0 Å². The number of unbranched alkanes of at least 4 members (excludes halogenated alkanes) is 1. The van der Waals surface area contributed by atoms with Gasteiger partial charge in [-0.15, -0.1) is 11.8 Å². The first-order chi connectivity index (χ1) is 6.24. The molecule has 0 spiro atoms. The molecule has 0 aliphatic carbocycles. The fourth-order valence-corrected chi connectivity index (χ4v) is 2.28. The number of pyridine rings is 1. The summed E-state index contributed by atoms with van der Waals surface area (Å²) in [5, 5.41) is 1.74. The van der Waals surface area contributed by atoms with Crippen LogP contribution in [0.3, 0.4) is 0 Å². The number of hydrogen-bond acceptors (Lipinski definition) is 2. The monoisotopic (exact) mass is 215 g/mol. The van der Waals surface area contributed by atoms with Gasteiger partial charge in [0, 0.05) is 6.20 Å². The molecule has 0 saturated carbocycles. The van der Waals surface area contributed by atoms with Gasteiger partial charge in [-0.3, -0.25) is 0 Å². The molecule has 1 rings (SSSR count). The van der Waals surface area contributed by atoms with Crippen LogP contribution in [-0.4, -0.2) is 10.7 Å². The molecule has 0 fully saturated rings. The van der Waals surface area contributed by atoms with Crippen molar-refractivity contribution in [1.82, 2.24) is 4.98 Å². The smallest absolute Gasteiger partial charge is 0.115 e. The average Bonchev–Trinajstić information content (AvgIpc) is 2.09. The summed E-state index contributed by atoms with van der Waals surface area (Å²) in [4.78, 5) is 4.28. The van der Waals surface area contributed by atoms with E-state index in [0.717, 1.165) is 21.4 Å². The van der Waals surface area contributed by atoms with Gasteiger partial charge in [0.1, 0.15) is 5.03 Å². The molecular weight excluding hydrogens is 202 g/mol. The van der Waals surface area contributed by atoms with E-state index < -0.39 is 0 Å². The maximum atomic E-state index is 6.03. The summed E-state index contributed by atoms with van der Waals surface area (Å²) in [5.74, 6) is 1.10. The van der Waals surface area contributed by atoms with Gasteiger partial charge in [0.05, 0.1) is 5.02 Å². The van der Waals surface area contributed by atoms with Crippen LogP contribution in [0.25, 0.3) is 0 Å². The molecule has 0 aliphatic heterocycles. The molecule has 0 bridgehead atoms. The summed E-state index contributed by atoms with van der Waals surface area (Å²) in [5.41, 5.74) is 1.12. The Hall–Kier alpha value is -0.210. The molecule has 1 nitrogen and oxygen atoms in total. The predicted molar refractivity (Wildman–Crippen MR) is 59.6 cm³/mol. The van der Waals surface area contributed by atoms with Gasteiger partial charge in [-0.2, -0.15) is 0 Å². The molecule has 0 amide bonds. The summed E-state index contributed by atoms with van der Waals surface area (Å²) in [6.45, 7) is 4.18. The lowest BCUT2D eigenvalue weighted by Gasteiger charge is -2.02. The highest BCUT2D eigenvalue weighted by molar-refractivity contribution is 7.99. The lowest BCUT2D eigenvalue weighted by Crippen LogP contribution is -1.85. The SMILES string of the molecule is CCCCSc1ncc(C)cc1Cl. The first-order valence-corrected chi connectivity index (χ1v) is 5.85. The van der Waals surface area contributed by atoms with Gasteiger partial charge in [0.15, 0.2) is 0 Å². The van der Waals surface area contributed by atoms with Crippen LogP contribution in [0.5, 0.6) is 0 Å². The zero-order valence-electron chi connectivity index (χ0n) is 8.01. The van der Waals surface area contributed by atoms with E-state index in [1.807, 2.05) is 19.2 Å². The van der Waals surface area contributed by atoms with Crippen molar-refractivity contribution in [1.29, 1.82) is 0 Å². The Balaban J connectivity index is 2.56. The minimum Gasteiger partial charge on any atom is -0.248 e. The first-order valence-electron chi connectivity index (χ1n) is 4.49. The number of thioether (sulfide) groups is 1. The molecule has 0 radical (unpaired) electrons. The molecule has 1 heterocycles. The van der Waals surface area contributed by atoms with E-state index in [9.17, 15) is 0 Å². The van der Waals surface area contributed by atoms with Gasteiger partial charge in [-0.25, -0.2) is 4.98 Å². The van der Waals surface area contributed by atoms with Crippen molar-refractivity contribution in [3.05, 3.63) is 22.8 Å². The summed E-state index contributed by atoms with van der Waals surface area (Å²) in [7, 11) is 0. The van der Waals surface area contributed by atoms with Crippen LogP contribution in [0.4, 0.5) is 0 Å². The van der Waals surface area contributed by atoms with E-state index >= 15 is 0 Å². The first kappa shape index (κ1) is 10.9. The quantitative estimate of drug-likeness (QED) is 0.558. The minimum absolute atomic E-state index is 0.779. The zero-order chi connectivity index (χ0) is 9.68. The number of rotatable bonds is 4. The number of nitrogens with zero attached hydrogens (tertiary/aromatic N) is 1. The molecule has 1 aromatic heterocycles. The maximum absolute atomic E-state index is 6.03. The molecule has 0 atom stereocenters. The normalized spacial score (nSPS) is 10.4. The van der Waals surface area contributed by atoms with Crippen molar-refractivity contribution in [3.8, 4) is 0 Å². The standard InChI is InChI=1S/C10H14ClNS/c1-3-4-5-13-10-9(11)6-8(2)7-12-10/h6-7H,3-5H2,1-2H3. The molecule has 13 heavy (non-hydrogen) atoms. The molecule has 1 aromatic rings. The van der Waals surface area contributed by atoms with E-state index in [2.05, 4.69) is 11.9 Å². The van der Waals surface area contributed by atoms with E-state index in [1.54, 1.807) is 11.8 Å². The van der Waals surface area contributed by atoms with E-state index in [4.69, 9.17) is 11.6 Å². The fourth-order valence-electron chi connectivity index (χ4n) is 0.940. The molecule has 0 aromatic carbocycles. The zero-order valence-corrected chi connectivity index (χ0v) is 9.58. The Morgan fingerprint density at radius 1 is 1.54 bits per heavy atom. The Morgan fingerprint density at radius 3 is 2.92 bits per heavy atom. The molecule has 0 saturated heterocycles. The summed E-state index contributed by atoms with van der Waals surface area (Å²) in [6.07, 6.45) is 4.30. The topological polar surface area (TPSA) is 12.9 Å².